The molecular weight excluding hydrogens is 292 g/mol. The van der Waals surface area contributed by atoms with Crippen molar-refractivity contribution in [2.45, 2.75) is 12.8 Å². The number of primary amides is 1. The molecule has 0 aliphatic carbocycles. The molecule has 1 aromatic carbocycles. The van der Waals surface area contributed by atoms with Crippen LogP contribution in [-0.2, 0) is 20.7 Å². The van der Waals surface area contributed by atoms with Crippen LogP contribution in [0.15, 0.2) is 18.2 Å². The number of carbonyl (C=O) groups is 3. The lowest BCUT2D eigenvalue weighted by atomic mass is 10.1. The van der Waals surface area contributed by atoms with Crippen LogP contribution in [-0.4, -0.2) is 38.7 Å². The predicted octanol–water partition coefficient (Wildman–Crippen LogP) is 0.374. The summed E-state index contributed by atoms with van der Waals surface area (Å²) >= 11 is 0. The number of esters is 1. The van der Waals surface area contributed by atoms with Crippen LogP contribution in [0.5, 0.6) is 11.5 Å². The van der Waals surface area contributed by atoms with Crippen molar-refractivity contribution >= 4 is 17.9 Å². The minimum Gasteiger partial charge on any atom is -0.493 e. The van der Waals surface area contributed by atoms with Crippen molar-refractivity contribution in [3.05, 3.63) is 23.8 Å². The average molecular weight is 310 g/mol. The van der Waals surface area contributed by atoms with E-state index in [1.54, 1.807) is 23.5 Å². The summed E-state index contributed by atoms with van der Waals surface area (Å²) in [5.41, 5.74) is 5.61. The molecule has 3 amide bonds. The van der Waals surface area contributed by atoms with Gasteiger partial charge in [-0.15, -0.1) is 0 Å². The quantitative estimate of drug-likeness (QED) is 0.703. The summed E-state index contributed by atoms with van der Waals surface area (Å²) in [4.78, 5) is 33.0. The summed E-state index contributed by atoms with van der Waals surface area (Å²) in [6.07, 6.45) is 0.496. The number of methoxy groups -OCH3 is 2. The van der Waals surface area contributed by atoms with Crippen LogP contribution in [0.1, 0.15) is 12.0 Å². The second-order valence-corrected chi connectivity index (χ2v) is 4.26. The second kappa shape index (κ2) is 8.50. The van der Waals surface area contributed by atoms with Crippen LogP contribution >= 0.6 is 0 Å². The van der Waals surface area contributed by atoms with Gasteiger partial charge in [0.1, 0.15) is 0 Å². The molecule has 3 N–H and O–H groups in total. The van der Waals surface area contributed by atoms with Crippen LogP contribution in [0.2, 0.25) is 0 Å². The van der Waals surface area contributed by atoms with Crippen molar-refractivity contribution < 1.29 is 28.6 Å². The fourth-order valence-electron chi connectivity index (χ4n) is 1.67. The fraction of sp³-hybridized carbons (Fsp3) is 0.357. The number of imide groups is 1. The van der Waals surface area contributed by atoms with Crippen molar-refractivity contribution in [3.8, 4) is 11.5 Å². The molecule has 0 bridgehead atoms. The van der Waals surface area contributed by atoms with Gasteiger partial charge in [-0.3, -0.25) is 14.9 Å². The zero-order valence-corrected chi connectivity index (χ0v) is 12.4. The predicted molar refractivity (Wildman–Crippen MR) is 76.6 cm³/mol. The van der Waals surface area contributed by atoms with Crippen molar-refractivity contribution in [2.24, 2.45) is 5.73 Å². The van der Waals surface area contributed by atoms with Gasteiger partial charge in [-0.05, 0) is 24.1 Å². The van der Waals surface area contributed by atoms with Gasteiger partial charge >= 0.3 is 12.0 Å². The van der Waals surface area contributed by atoms with Gasteiger partial charge in [0.05, 0.1) is 14.2 Å². The number of hydrogen-bond donors (Lipinski definition) is 2. The van der Waals surface area contributed by atoms with E-state index in [0.717, 1.165) is 5.56 Å². The van der Waals surface area contributed by atoms with Gasteiger partial charge in [-0.25, -0.2) is 4.79 Å². The van der Waals surface area contributed by atoms with Crippen molar-refractivity contribution in [2.75, 3.05) is 20.8 Å². The normalized spacial score (nSPS) is 9.73. The van der Waals surface area contributed by atoms with Gasteiger partial charge in [-0.1, -0.05) is 6.07 Å². The number of rotatable bonds is 7. The number of nitrogens with two attached hydrogens (primary N) is 1. The molecule has 0 unspecified atom stereocenters. The molecule has 0 radical (unpaired) electrons. The zero-order chi connectivity index (χ0) is 16.5. The first-order valence-electron chi connectivity index (χ1n) is 6.42. The van der Waals surface area contributed by atoms with Crippen LogP contribution in [0.3, 0.4) is 0 Å². The molecule has 0 heterocycles. The van der Waals surface area contributed by atoms with Gasteiger partial charge < -0.3 is 19.9 Å². The summed E-state index contributed by atoms with van der Waals surface area (Å²) in [7, 11) is 3.05. The first-order chi connectivity index (χ1) is 10.5. The van der Waals surface area contributed by atoms with Gasteiger partial charge in [0.15, 0.2) is 18.1 Å². The Balaban J connectivity index is 2.44. The lowest BCUT2D eigenvalue weighted by Crippen LogP contribution is -2.37. The van der Waals surface area contributed by atoms with Crippen molar-refractivity contribution in [3.63, 3.8) is 0 Å². The Bertz CT molecular complexity index is 558. The zero-order valence-electron chi connectivity index (χ0n) is 12.4. The van der Waals surface area contributed by atoms with E-state index < -0.39 is 24.5 Å². The van der Waals surface area contributed by atoms with Crippen LogP contribution in [0.4, 0.5) is 4.79 Å². The van der Waals surface area contributed by atoms with E-state index in [1.807, 2.05) is 0 Å². The van der Waals surface area contributed by atoms with Crippen LogP contribution in [0, 0.1) is 0 Å². The SMILES string of the molecule is COc1ccc(CCC(=O)OCC(=O)NC(N)=O)cc1OC. The minimum absolute atomic E-state index is 0.0827. The highest BCUT2D eigenvalue weighted by atomic mass is 16.5. The first-order valence-corrected chi connectivity index (χ1v) is 6.42. The average Bonchev–Trinajstić information content (AvgIpc) is 2.49. The van der Waals surface area contributed by atoms with E-state index in [0.29, 0.717) is 17.9 Å². The molecule has 0 saturated carbocycles. The monoisotopic (exact) mass is 310 g/mol. The molecule has 0 spiro atoms. The highest BCUT2D eigenvalue weighted by Gasteiger charge is 2.10. The van der Waals surface area contributed by atoms with Gasteiger partial charge in [0.2, 0.25) is 0 Å². The standard InChI is InChI=1S/C14H18N2O6/c1-20-10-5-3-9(7-11(10)21-2)4-6-13(18)22-8-12(17)16-14(15)19/h3,5,7H,4,6,8H2,1-2H3,(H3,15,16,17,19). The van der Waals surface area contributed by atoms with Gasteiger partial charge in [-0.2, -0.15) is 0 Å². The molecule has 0 saturated heterocycles. The number of ether oxygens (including phenoxy) is 3. The van der Waals surface area contributed by atoms with Crippen molar-refractivity contribution in [1.29, 1.82) is 0 Å². The van der Waals surface area contributed by atoms with E-state index in [1.165, 1.54) is 14.2 Å². The molecule has 0 atom stereocenters. The highest BCUT2D eigenvalue weighted by molar-refractivity contribution is 5.94. The van der Waals surface area contributed by atoms with E-state index in [4.69, 9.17) is 19.9 Å². The number of carbonyl (C=O) groups excluding carboxylic acids is 3. The molecule has 0 aliphatic heterocycles. The molecule has 0 aromatic heterocycles. The van der Waals surface area contributed by atoms with E-state index in [-0.39, 0.29) is 6.42 Å². The number of amides is 3. The second-order valence-electron chi connectivity index (χ2n) is 4.26. The smallest absolute Gasteiger partial charge is 0.318 e. The number of aryl methyl sites for hydroxylation is 1. The minimum atomic E-state index is -0.994. The van der Waals surface area contributed by atoms with E-state index in [2.05, 4.69) is 0 Å². The van der Waals surface area contributed by atoms with Gasteiger partial charge in [0.25, 0.3) is 5.91 Å². The first kappa shape index (κ1) is 17.3. The molecule has 120 valence electrons. The number of nitrogens with one attached hydrogen (secondary N) is 1. The molecule has 8 nitrogen and oxygen atoms in total. The largest absolute Gasteiger partial charge is 0.493 e. The Labute approximate surface area is 127 Å². The molecule has 8 heteroatoms. The number of hydrogen-bond acceptors (Lipinski definition) is 6. The maximum absolute atomic E-state index is 11.5. The Morgan fingerprint density at radius 2 is 1.82 bits per heavy atom. The van der Waals surface area contributed by atoms with Crippen LogP contribution < -0.4 is 20.5 Å². The highest BCUT2D eigenvalue weighted by Crippen LogP contribution is 2.27. The third kappa shape index (κ3) is 5.70. The molecule has 22 heavy (non-hydrogen) atoms. The van der Waals surface area contributed by atoms with Crippen molar-refractivity contribution in [1.82, 2.24) is 5.32 Å². The lowest BCUT2D eigenvalue weighted by Gasteiger charge is -2.09. The Hall–Kier alpha value is -2.77. The van der Waals surface area contributed by atoms with Crippen LogP contribution in [0.25, 0.3) is 0 Å². The number of benzene rings is 1. The molecule has 0 fully saturated rings. The van der Waals surface area contributed by atoms with Gasteiger partial charge in [0, 0.05) is 6.42 Å². The molecule has 0 aliphatic rings. The number of urea groups is 1. The van der Waals surface area contributed by atoms with E-state index in [9.17, 15) is 14.4 Å². The van der Waals surface area contributed by atoms with E-state index >= 15 is 0 Å². The maximum atomic E-state index is 11.5. The Morgan fingerprint density at radius 1 is 1.14 bits per heavy atom. The molecule has 1 aromatic rings. The Morgan fingerprint density at radius 3 is 2.41 bits per heavy atom. The third-order valence-corrected chi connectivity index (χ3v) is 2.69. The summed E-state index contributed by atoms with van der Waals surface area (Å²) < 4.78 is 15.0. The molecule has 1 rings (SSSR count). The summed E-state index contributed by atoms with van der Waals surface area (Å²) in [5.74, 6) is -0.174. The maximum Gasteiger partial charge on any atom is 0.318 e. The third-order valence-electron chi connectivity index (χ3n) is 2.69. The Kier molecular flexibility index (Phi) is 6.68. The molecular formula is C14H18N2O6. The summed E-state index contributed by atoms with van der Waals surface area (Å²) in [6.45, 7) is -0.548. The summed E-state index contributed by atoms with van der Waals surface area (Å²) in [6, 6.07) is 4.30. The summed E-state index contributed by atoms with van der Waals surface area (Å²) in [5, 5.41) is 1.79. The lowest BCUT2D eigenvalue weighted by molar-refractivity contribution is -0.148. The topological polar surface area (TPSA) is 117 Å². The fourth-order valence-corrected chi connectivity index (χ4v) is 1.67.